The number of aryl methyl sites for hydroxylation is 1. The maximum Gasteiger partial charge on any atom is 0.322 e. The average Bonchev–Trinajstić information content (AvgIpc) is 2.77. The number of anilines is 1. The second-order valence-electron chi connectivity index (χ2n) is 3.29. The van der Waals surface area contributed by atoms with Gasteiger partial charge in [-0.2, -0.15) is 0 Å². The molecule has 6 heteroatoms. The molecule has 0 spiro atoms. The first-order chi connectivity index (χ1) is 8.20. The van der Waals surface area contributed by atoms with Gasteiger partial charge in [0, 0.05) is 6.42 Å². The van der Waals surface area contributed by atoms with Gasteiger partial charge in [0.2, 0.25) is 5.89 Å². The molecule has 2 rings (SSSR count). The van der Waals surface area contributed by atoms with Crippen LogP contribution in [-0.4, -0.2) is 16.1 Å². The van der Waals surface area contributed by atoms with Gasteiger partial charge in [0.05, 0.1) is 10.6 Å². The minimum Gasteiger partial charge on any atom is -0.408 e. The smallest absolute Gasteiger partial charge is 0.322 e. The van der Waals surface area contributed by atoms with Gasteiger partial charge in [-0.25, -0.2) is 0 Å². The Kier molecular flexibility index (Phi) is 3.39. The lowest BCUT2D eigenvalue weighted by molar-refractivity contribution is 0.102. The molecule has 2 aromatic rings. The van der Waals surface area contributed by atoms with Crippen LogP contribution in [0.15, 0.2) is 28.7 Å². The van der Waals surface area contributed by atoms with Crippen LogP contribution in [-0.2, 0) is 6.42 Å². The Morgan fingerprint density at radius 1 is 1.41 bits per heavy atom. The molecule has 1 N–H and O–H groups in total. The largest absolute Gasteiger partial charge is 0.408 e. The number of halogens is 1. The predicted molar refractivity (Wildman–Crippen MR) is 63.1 cm³/mol. The van der Waals surface area contributed by atoms with Crippen molar-refractivity contribution in [3.63, 3.8) is 0 Å². The van der Waals surface area contributed by atoms with Gasteiger partial charge in [0.15, 0.2) is 0 Å². The Labute approximate surface area is 103 Å². The van der Waals surface area contributed by atoms with Crippen molar-refractivity contribution in [2.45, 2.75) is 13.3 Å². The number of carbonyl (C=O) groups is 1. The lowest BCUT2D eigenvalue weighted by atomic mass is 10.2. The van der Waals surface area contributed by atoms with Crippen LogP contribution in [0.3, 0.4) is 0 Å². The molecule has 0 atom stereocenters. The van der Waals surface area contributed by atoms with E-state index in [1.807, 2.05) is 6.92 Å². The van der Waals surface area contributed by atoms with E-state index < -0.39 is 0 Å². The fraction of sp³-hybridized carbons (Fsp3) is 0.182. The number of rotatable bonds is 3. The third-order valence-corrected chi connectivity index (χ3v) is 2.44. The summed E-state index contributed by atoms with van der Waals surface area (Å²) >= 11 is 5.89. The molecule has 0 unspecified atom stereocenters. The Balaban J connectivity index is 2.14. The standard InChI is InChI=1S/C11H10ClN3O2/c1-2-9-14-15-11(17-9)13-10(16)7-5-3-4-6-8(7)12/h3-6H,2H2,1H3,(H,13,15,16). The molecular weight excluding hydrogens is 242 g/mol. The van der Waals surface area contributed by atoms with Gasteiger partial charge < -0.3 is 4.42 Å². The Bertz CT molecular complexity index is 539. The number of hydrogen-bond acceptors (Lipinski definition) is 4. The molecule has 0 saturated heterocycles. The van der Waals surface area contributed by atoms with E-state index in [-0.39, 0.29) is 11.9 Å². The van der Waals surface area contributed by atoms with Crippen LogP contribution in [0.25, 0.3) is 0 Å². The van der Waals surface area contributed by atoms with Gasteiger partial charge in [0.1, 0.15) is 0 Å². The molecule has 0 fully saturated rings. The van der Waals surface area contributed by atoms with Crippen molar-refractivity contribution in [1.29, 1.82) is 0 Å². The van der Waals surface area contributed by atoms with Crippen molar-refractivity contribution < 1.29 is 9.21 Å². The third kappa shape index (κ3) is 2.62. The Morgan fingerprint density at radius 3 is 2.82 bits per heavy atom. The summed E-state index contributed by atoms with van der Waals surface area (Å²) < 4.78 is 5.17. The lowest BCUT2D eigenvalue weighted by Crippen LogP contribution is -2.12. The molecule has 5 nitrogen and oxygen atoms in total. The Morgan fingerprint density at radius 2 is 2.18 bits per heavy atom. The summed E-state index contributed by atoms with van der Waals surface area (Å²) in [6, 6.07) is 6.82. The molecule has 0 bridgehead atoms. The van der Waals surface area contributed by atoms with Gasteiger partial charge in [-0.15, -0.1) is 5.10 Å². The summed E-state index contributed by atoms with van der Waals surface area (Å²) in [4.78, 5) is 11.8. The number of carbonyl (C=O) groups excluding carboxylic acids is 1. The first-order valence-corrected chi connectivity index (χ1v) is 5.46. The summed E-state index contributed by atoms with van der Waals surface area (Å²) in [5, 5.41) is 10.3. The monoisotopic (exact) mass is 251 g/mol. The molecule has 0 saturated carbocycles. The summed E-state index contributed by atoms with van der Waals surface area (Å²) in [5.41, 5.74) is 0.366. The van der Waals surface area contributed by atoms with E-state index in [9.17, 15) is 4.79 Å². The fourth-order valence-electron chi connectivity index (χ4n) is 1.26. The molecule has 1 aromatic heterocycles. The Hall–Kier alpha value is -1.88. The van der Waals surface area contributed by atoms with E-state index in [1.165, 1.54) is 0 Å². The van der Waals surface area contributed by atoms with Crippen LogP contribution in [0.1, 0.15) is 23.2 Å². The zero-order valence-electron chi connectivity index (χ0n) is 9.11. The molecular formula is C11H10ClN3O2. The minimum absolute atomic E-state index is 0.0757. The van der Waals surface area contributed by atoms with E-state index in [1.54, 1.807) is 24.3 Å². The molecule has 1 amide bonds. The number of amides is 1. The number of aromatic nitrogens is 2. The number of benzene rings is 1. The molecule has 0 aliphatic rings. The molecule has 0 radical (unpaired) electrons. The van der Waals surface area contributed by atoms with Gasteiger partial charge >= 0.3 is 6.01 Å². The van der Waals surface area contributed by atoms with Gasteiger partial charge in [-0.05, 0) is 12.1 Å². The van der Waals surface area contributed by atoms with Gasteiger partial charge in [-0.1, -0.05) is 35.8 Å². The average molecular weight is 252 g/mol. The van der Waals surface area contributed by atoms with Crippen LogP contribution < -0.4 is 5.32 Å². The second kappa shape index (κ2) is 4.97. The summed E-state index contributed by atoms with van der Waals surface area (Å²) in [7, 11) is 0. The fourth-order valence-corrected chi connectivity index (χ4v) is 1.48. The minimum atomic E-state index is -0.373. The normalized spacial score (nSPS) is 10.2. The van der Waals surface area contributed by atoms with E-state index in [4.69, 9.17) is 16.0 Å². The molecule has 1 aromatic carbocycles. The summed E-state index contributed by atoms with van der Waals surface area (Å²) in [5.74, 6) is 0.0985. The van der Waals surface area contributed by atoms with Crippen molar-refractivity contribution in [3.05, 3.63) is 40.7 Å². The highest BCUT2D eigenvalue weighted by Crippen LogP contribution is 2.16. The molecule has 17 heavy (non-hydrogen) atoms. The van der Waals surface area contributed by atoms with Crippen molar-refractivity contribution in [1.82, 2.24) is 10.2 Å². The third-order valence-electron chi connectivity index (χ3n) is 2.11. The molecule has 0 aliphatic heterocycles. The highest BCUT2D eigenvalue weighted by atomic mass is 35.5. The van der Waals surface area contributed by atoms with Gasteiger partial charge in [-0.3, -0.25) is 10.1 Å². The van der Waals surface area contributed by atoms with Gasteiger partial charge in [0.25, 0.3) is 5.91 Å². The first-order valence-electron chi connectivity index (χ1n) is 5.09. The predicted octanol–water partition coefficient (Wildman–Crippen LogP) is 2.54. The molecule has 1 heterocycles. The van der Waals surface area contributed by atoms with E-state index in [0.29, 0.717) is 22.9 Å². The maximum absolute atomic E-state index is 11.8. The van der Waals surface area contributed by atoms with E-state index in [2.05, 4.69) is 15.5 Å². The zero-order valence-corrected chi connectivity index (χ0v) is 9.86. The number of nitrogens with zero attached hydrogens (tertiary/aromatic N) is 2. The van der Waals surface area contributed by atoms with E-state index in [0.717, 1.165) is 0 Å². The first kappa shape index (κ1) is 11.6. The molecule has 88 valence electrons. The van der Waals surface area contributed by atoms with Crippen LogP contribution in [0.4, 0.5) is 6.01 Å². The van der Waals surface area contributed by atoms with Crippen LogP contribution in [0.2, 0.25) is 5.02 Å². The number of nitrogens with one attached hydrogen (secondary N) is 1. The maximum atomic E-state index is 11.8. The number of hydrogen-bond donors (Lipinski definition) is 1. The molecule has 0 aliphatic carbocycles. The topological polar surface area (TPSA) is 68.0 Å². The van der Waals surface area contributed by atoms with Crippen LogP contribution in [0.5, 0.6) is 0 Å². The van der Waals surface area contributed by atoms with Crippen molar-refractivity contribution in [3.8, 4) is 0 Å². The van der Waals surface area contributed by atoms with Crippen molar-refractivity contribution >= 4 is 23.5 Å². The second-order valence-corrected chi connectivity index (χ2v) is 3.70. The highest BCUT2D eigenvalue weighted by molar-refractivity contribution is 6.34. The van der Waals surface area contributed by atoms with Crippen LogP contribution >= 0.6 is 11.6 Å². The van der Waals surface area contributed by atoms with E-state index >= 15 is 0 Å². The van der Waals surface area contributed by atoms with Crippen LogP contribution in [0, 0.1) is 0 Å². The van der Waals surface area contributed by atoms with Crippen molar-refractivity contribution in [2.75, 3.05) is 5.32 Å². The lowest BCUT2D eigenvalue weighted by Gasteiger charge is -2.01. The summed E-state index contributed by atoms with van der Waals surface area (Å²) in [6.45, 7) is 1.88. The quantitative estimate of drug-likeness (QED) is 0.910. The highest BCUT2D eigenvalue weighted by Gasteiger charge is 2.13. The summed E-state index contributed by atoms with van der Waals surface area (Å²) in [6.07, 6.45) is 0.620. The SMILES string of the molecule is CCc1nnc(NC(=O)c2ccccc2Cl)o1. The van der Waals surface area contributed by atoms with Crippen molar-refractivity contribution in [2.24, 2.45) is 0 Å². The zero-order chi connectivity index (χ0) is 12.3.